The van der Waals surface area contributed by atoms with Gasteiger partial charge in [0.1, 0.15) is 6.10 Å². The van der Waals surface area contributed by atoms with E-state index in [-0.39, 0.29) is 24.4 Å². The molecule has 1 aliphatic carbocycles. The maximum absolute atomic E-state index is 11.9. The predicted molar refractivity (Wildman–Crippen MR) is 74.0 cm³/mol. The molecule has 1 atom stereocenters. The Morgan fingerprint density at radius 1 is 1.50 bits per heavy atom. The van der Waals surface area contributed by atoms with E-state index in [0.717, 1.165) is 13.1 Å². The third-order valence-electron chi connectivity index (χ3n) is 3.66. The Morgan fingerprint density at radius 2 is 2.22 bits per heavy atom. The average molecular weight is 277 g/mol. The highest BCUT2D eigenvalue weighted by Gasteiger charge is 2.43. The summed E-state index contributed by atoms with van der Waals surface area (Å²) in [5, 5.41) is 6.23. The van der Waals surface area contributed by atoms with Crippen molar-refractivity contribution in [3.05, 3.63) is 0 Å². The molecule has 0 aromatic heterocycles. The van der Waals surface area contributed by atoms with Crippen molar-refractivity contribution in [1.29, 1.82) is 0 Å². The summed E-state index contributed by atoms with van der Waals surface area (Å²) in [6, 6.07) is 0. The molecule has 1 aliphatic heterocycles. The fraction of sp³-hybridized carbons (Fsp3) is 0.923. The topological polar surface area (TPSA) is 50.4 Å². The Bertz CT molecular complexity index is 274. The van der Waals surface area contributed by atoms with Crippen molar-refractivity contribution in [1.82, 2.24) is 10.6 Å². The highest BCUT2D eigenvalue weighted by Crippen LogP contribution is 2.49. The Morgan fingerprint density at radius 3 is 2.72 bits per heavy atom. The summed E-state index contributed by atoms with van der Waals surface area (Å²) in [5.74, 6) is 0.759. The molecule has 0 aromatic rings. The van der Waals surface area contributed by atoms with Crippen LogP contribution in [0.5, 0.6) is 0 Å². The van der Waals surface area contributed by atoms with E-state index >= 15 is 0 Å². The maximum atomic E-state index is 11.9. The lowest BCUT2D eigenvalue weighted by Crippen LogP contribution is -2.48. The van der Waals surface area contributed by atoms with Gasteiger partial charge in [0.2, 0.25) is 5.91 Å². The molecule has 1 unspecified atom stereocenters. The van der Waals surface area contributed by atoms with Crippen LogP contribution in [0.3, 0.4) is 0 Å². The van der Waals surface area contributed by atoms with Gasteiger partial charge in [0.15, 0.2) is 0 Å². The van der Waals surface area contributed by atoms with Gasteiger partial charge in [-0.1, -0.05) is 13.8 Å². The molecule has 2 rings (SSSR count). The van der Waals surface area contributed by atoms with Crippen molar-refractivity contribution in [3.8, 4) is 0 Å². The Kier molecular flexibility index (Phi) is 5.89. The lowest BCUT2D eigenvalue weighted by Gasteiger charge is -2.24. The third kappa shape index (κ3) is 4.41. The molecule has 2 aliphatic rings. The lowest BCUT2D eigenvalue weighted by atomic mass is 9.94. The molecule has 1 saturated carbocycles. The van der Waals surface area contributed by atoms with Crippen LogP contribution in [0.15, 0.2) is 0 Å². The first-order valence-corrected chi connectivity index (χ1v) is 6.71. The molecule has 0 bridgehead atoms. The van der Waals surface area contributed by atoms with Crippen LogP contribution in [0.25, 0.3) is 0 Å². The summed E-state index contributed by atoms with van der Waals surface area (Å²) in [7, 11) is 0. The van der Waals surface area contributed by atoms with Crippen molar-refractivity contribution in [2.24, 2.45) is 11.3 Å². The van der Waals surface area contributed by atoms with Crippen LogP contribution in [-0.2, 0) is 9.53 Å². The summed E-state index contributed by atoms with van der Waals surface area (Å²) in [4.78, 5) is 11.9. The summed E-state index contributed by atoms with van der Waals surface area (Å²) in [6.45, 7) is 7.44. The molecule has 1 heterocycles. The molecule has 0 spiro atoms. The molecule has 0 radical (unpaired) electrons. The number of hydrogen-bond acceptors (Lipinski definition) is 3. The normalized spacial score (nSPS) is 25.4. The minimum Gasteiger partial charge on any atom is -0.366 e. The number of amides is 1. The van der Waals surface area contributed by atoms with Gasteiger partial charge in [-0.3, -0.25) is 4.79 Å². The van der Waals surface area contributed by atoms with Crippen LogP contribution in [0.4, 0.5) is 0 Å². The second-order valence-electron chi connectivity index (χ2n) is 5.88. The Hall–Kier alpha value is -0.320. The zero-order valence-electron chi connectivity index (χ0n) is 11.3. The smallest absolute Gasteiger partial charge is 0.250 e. The van der Waals surface area contributed by atoms with Crippen molar-refractivity contribution >= 4 is 18.3 Å². The largest absolute Gasteiger partial charge is 0.366 e. The number of carbonyl (C=O) groups is 1. The van der Waals surface area contributed by atoms with Crippen LogP contribution in [0.2, 0.25) is 0 Å². The fourth-order valence-electron chi connectivity index (χ4n) is 2.62. The fourth-order valence-corrected chi connectivity index (χ4v) is 2.62. The van der Waals surface area contributed by atoms with E-state index in [1.165, 1.54) is 19.3 Å². The van der Waals surface area contributed by atoms with Crippen molar-refractivity contribution in [2.75, 3.05) is 26.2 Å². The van der Waals surface area contributed by atoms with E-state index in [4.69, 9.17) is 4.74 Å². The number of hydrogen-bond donors (Lipinski definition) is 2. The average Bonchev–Trinajstić information content (AvgIpc) is 3.06. The third-order valence-corrected chi connectivity index (χ3v) is 3.66. The summed E-state index contributed by atoms with van der Waals surface area (Å²) >= 11 is 0. The SMILES string of the molecule is CC(C)CC1(CNC(=O)C2CNCCO2)CC1.Cl. The highest BCUT2D eigenvalue weighted by molar-refractivity contribution is 5.85. The van der Waals surface area contributed by atoms with Gasteiger partial charge in [0.25, 0.3) is 0 Å². The number of morpholine rings is 1. The second kappa shape index (κ2) is 6.73. The van der Waals surface area contributed by atoms with E-state index in [9.17, 15) is 4.79 Å². The van der Waals surface area contributed by atoms with Gasteiger partial charge in [-0.05, 0) is 30.6 Å². The molecule has 5 heteroatoms. The summed E-state index contributed by atoms with van der Waals surface area (Å²) in [5.41, 5.74) is 0.395. The van der Waals surface area contributed by atoms with E-state index in [2.05, 4.69) is 24.5 Å². The zero-order chi connectivity index (χ0) is 12.3. The molecular weight excluding hydrogens is 252 g/mol. The minimum absolute atomic E-state index is 0. The van der Waals surface area contributed by atoms with Crippen LogP contribution >= 0.6 is 12.4 Å². The summed E-state index contributed by atoms with van der Waals surface area (Å²) < 4.78 is 5.43. The van der Waals surface area contributed by atoms with Gasteiger partial charge in [0, 0.05) is 19.6 Å². The molecule has 0 aromatic carbocycles. The number of nitrogens with one attached hydrogen (secondary N) is 2. The van der Waals surface area contributed by atoms with Crippen molar-refractivity contribution in [3.63, 3.8) is 0 Å². The molecule has 18 heavy (non-hydrogen) atoms. The standard InChI is InChI=1S/C13H24N2O2.ClH/c1-10(2)7-13(3-4-13)9-15-12(16)11-8-14-5-6-17-11;/h10-11,14H,3-9H2,1-2H3,(H,15,16);1H. The second-order valence-corrected chi connectivity index (χ2v) is 5.88. The first-order valence-electron chi connectivity index (χ1n) is 6.71. The van der Waals surface area contributed by atoms with Gasteiger partial charge in [-0.25, -0.2) is 0 Å². The van der Waals surface area contributed by atoms with Gasteiger partial charge in [-0.2, -0.15) is 0 Å². The Balaban J connectivity index is 0.00000162. The van der Waals surface area contributed by atoms with Crippen LogP contribution < -0.4 is 10.6 Å². The lowest BCUT2D eigenvalue weighted by molar-refractivity contribution is -0.134. The van der Waals surface area contributed by atoms with Gasteiger partial charge >= 0.3 is 0 Å². The molecule has 1 saturated heterocycles. The predicted octanol–water partition coefficient (Wildman–Crippen LogP) is 1.34. The van der Waals surface area contributed by atoms with E-state index < -0.39 is 0 Å². The summed E-state index contributed by atoms with van der Waals surface area (Å²) in [6.07, 6.45) is 3.44. The van der Waals surface area contributed by atoms with E-state index in [0.29, 0.717) is 24.5 Å². The van der Waals surface area contributed by atoms with Crippen LogP contribution in [0, 0.1) is 11.3 Å². The molecule has 2 fully saturated rings. The van der Waals surface area contributed by atoms with Crippen LogP contribution in [0.1, 0.15) is 33.1 Å². The monoisotopic (exact) mass is 276 g/mol. The van der Waals surface area contributed by atoms with Crippen LogP contribution in [-0.4, -0.2) is 38.3 Å². The van der Waals surface area contributed by atoms with E-state index in [1.807, 2.05) is 0 Å². The van der Waals surface area contributed by atoms with Crippen molar-refractivity contribution < 1.29 is 9.53 Å². The number of halogens is 1. The minimum atomic E-state index is -0.293. The molecule has 1 amide bonds. The van der Waals surface area contributed by atoms with E-state index in [1.54, 1.807) is 0 Å². The number of ether oxygens (including phenoxy) is 1. The van der Waals surface area contributed by atoms with Crippen molar-refractivity contribution in [2.45, 2.75) is 39.2 Å². The maximum Gasteiger partial charge on any atom is 0.250 e. The molecule has 2 N–H and O–H groups in total. The highest BCUT2D eigenvalue weighted by atomic mass is 35.5. The number of carbonyl (C=O) groups excluding carboxylic acids is 1. The first kappa shape index (κ1) is 15.7. The zero-order valence-corrected chi connectivity index (χ0v) is 12.1. The Labute approximate surface area is 116 Å². The molecule has 4 nitrogen and oxygen atoms in total. The quantitative estimate of drug-likeness (QED) is 0.797. The van der Waals surface area contributed by atoms with Gasteiger partial charge in [0.05, 0.1) is 6.61 Å². The molecular formula is C13H25ClN2O2. The van der Waals surface area contributed by atoms with Gasteiger partial charge in [-0.15, -0.1) is 12.4 Å². The first-order chi connectivity index (χ1) is 8.11. The number of rotatable bonds is 5. The molecule has 106 valence electrons. The van der Waals surface area contributed by atoms with Gasteiger partial charge < -0.3 is 15.4 Å².